The maximum Gasteiger partial charge on any atom is 0.443 e. The number of ketones is 1. The lowest BCUT2D eigenvalue weighted by molar-refractivity contribution is -0.137. The van der Waals surface area contributed by atoms with Gasteiger partial charge in [-0.1, -0.05) is 19.1 Å². The van der Waals surface area contributed by atoms with Crippen LogP contribution in [-0.2, 0) is 6.18 Å². The molecule has 3 rings (SSSR count). The summed E-state index contributed by atoms with van der Waals surface area (Å²) >= 11 is 0.379. The molecule has 9 heteroatoms. The molecule has 3 aromatic rings. The van der Waals surface area contributed by atoms with Crippen LogP contribution in [0.4, 0.5) is 19.1 Å². The highest BCUT2D eigenvalue weighted by Crippen LogP contribution is 2.34. The van der Waals surface area contributed by atoms with Crippen LogP contribution in [-0.4, -0.2) is 20.7 Å². The molecule has 146 valence electrons. The molecule has 0 fully saturated rings. The highest BCUT2D eigenvalue weighted by atomic mass is 32.1. The Kier molecular flexibility index (Phi) is 5.46. The molecular weight excluding hydrogens is 389 g/mol. The molecule has 2 aromatic heterocycles. The van der Waals surface area contributed by atoms with E-state index >= 15 is 0 Å². The summed E-state index contributed by atoms with van der Waals surface area (Å²) in [6.07, 6.45) is -1.86. The lowest BCUT2D eigenvalue weighted by Gasteiger charge is -2.15. The van der Waals surface area contributed by atoms with Crippen molar-refractivity contribution in [3.05, 3.63) is 57.7 Å². The van der Waals surface area contributed by atoms with Gasteiger partial charge in [0.2, 0.25) is 5.95 Å². The number of nitrogens with zero attached hydrogens (tertiary/aromatic N) is 3. The minimum atomic E-state index is -4.54. The normalized spacial score (nSPS) is 12.8. The second-order valence-electron chi connectivity index (χ2n) is 6.43. The highest BCUT2D eigenvalue weighted by molar-refractivity contribution is 7.13. The Hall–Kier alpha value is -2.81. The van der Waals surface area contributed by atoms with E-state index < -0.39 is 11.2 Å². The van der Waals surface area contributed by atoms with E-state index in [1.165, 1.54) is 0 Å². The maximum atomic E-state index is 12.7. The zero-order chi connectivity index (χ0) is 20.5. The number of benzene rings is 1. The van der Waals surface area contributed by atoms with Gasteiger partial charge in [-0.15, -0.1) is 11.3 Å². The van der Waals surface area contributed by atoms with E-state index in [0.717, 1.165) is 22.9 Å². The number of rotatable bonds is 5. The molecule has 1 atom stereocenters. The molecule has 1 aromatic carbocycles. The zero-order valence-corrected chi connectivity index (χ0v) is 15.9. The van der Waals surface area contributed by atoms with Crippen molar-refractivity contribution in [2.24, 2.45) is 0 Å². The molecule has 0 aliphatic carbocycles. The van der Waals surface area contributed by atoms with Gasteiger partial charge in [0.05, 0.1) is 10.6 Å². The molecule has 0 bridgehead atoms. The first-order chi connectivity index (χ1) is 13.1. The fraction of sp³-hybridized carbons (Fsp3) is 0.263. The Bertz CT molecular complexity index is 1020. The second kappa shape index (κ2) is 7.67. The van der Waals surface area contributed by atoms with Gasteiger partial charge in [-0.25, -0.2) is 15.0 Å². The molecule has 0 saturated carbocycles. The standard InChI is InChI=1S/C19H17F3N4OS/c1-10-7-12(14-5-6-24-18(23)26-14)3-4-13(10)11(2)8-15(27)16-9-25-17(28-16)19(20,21)22/h3-7,9,11H,8H2,1-2H3,(H2,23,24,26). The third kappa shape index (κ3) is 4.36. The van der Waals surface area contributed by atoms with Gasteiger partial charge in [0, 0.05) is 24.4 Å². The molecule has 0 aliphatic heterocycles. The van der Waals surface area contributed by atoms with Crippen LogP contribution in [0.25, 0.3) is 11.3 Å². The summed E-state index contributed by atoms with van der Waals surface area (Å²) in [6, 6.07) is 7.46. The van der Waals surface area contributed by atoms with Crippen molar-refractivity contribution in [2.45, 2.75) is 32.4 Å². The van der Waals surface area contributed by atoms with Crippen molar-refractivity contribution in [1.29, 1.82) is 0 Å². The number of halogens is 3. The minimum Gasteiger partial charge on any atom is -0.368 e. The van der Waals surface area contributed by atoms with Crippen LogP contribution in [0.3, 0.4) is 0 Å². The predicted molar refractivity (Wildman–Crippen MR) is 101 cm³/mol. The summed E-state index contributed by atoms with van der Waals surface area (Å²) in [7, 11) is 0. The smallest absolute Gasteiger partial charge is 0.368 e. The number of hydrogen-bond acceptors (Lipinski definition) is 6. The number of aromatic nitrogens is 3. The van der Waals surface area contributed by atoms with Crippen LogP contribution in [0.1, 0.15) is 45.1 Å². The Balaban J connectivity index is 1.76. The van der Waals surface area contributed by atoms with Crippen LogP contribution in [0.15, 0.2) is 36.7 Å². The minimum absolute atomic E-state index is 0.0184. The predicted octanol–water partition coefficient (Wildman–Crippen LogP) is 4.89. The Morgan fingerprint density at radius 2 is 2.00 bits per heavy atom. The number of Topliss-reactive ketones (excluding diaryl/α,β-unsaturated/α-hetero) is 1. The van der Waals surface area contributed by atoms with Crippen molar-refractivity contribution >= 4 is 23.1 Å². The molecule has 0 amide bonds. The first-order valence-corrected chi connectivity index (χ1v) is 9.22. The maximum absolute atomic E-state index is 12.7. The molecule has 28 heavy (non-hydrogen) atoms. The van der Waals surface area contributed by atoms with E-state index in [1.54, 1.807) is 12.3 Å². The first-order valence-electron chi connectivity index (χ1n) is 8.41. The molecule has 5 nitrogen and oxygen atoms in total. The van der Waals surface area contributed by atoms with Gasteiger partial charge in [0.1, 0.15) is 0 Å². The Labute approximate surface area is 163 Å². The number of nitrogen functional groups attached to an aromatic ring is 1. The molecule has 0 saturated heterocycles. The van der Waals surface area contributed by atoms with Crippen LogP contribution in [0, 0.1) is 6.92 Å². The van der Waals surface area contributed by atoms with Gasteiger partial charge in [0.25, 0.3) is 0 Å². The van der Waals surface area contributed by atoms with Crippen LogP contribution >= 0.6 is 11.3 Å². The third-order valence-electron chi connectivity index (χ3n) is 4.29. The summed E-state index contributed by atoms with van der Waals surface area (Å²) in [5, 5.41) is -1.01. The van der Waals surface area contributed by atoms with E-state index in [4.69, 9.17) is 5.73 Å². The van der Waals surface area contributed by atoms with Crippen molar-refractivity contribution in [3.8, 4) is 11.3 Å². The van der Waals surface area contributed by atoms with E-state index in [-0.39, 0.29) is 28.9 Å². The largest absolute Gasteiger partial charge is 0.443 e. The number of hydrogen-bond donors (Lipinski definition) is 1. The van der Waals surface area contributed by atoms with Crippen molar-refractivity contribution in [3.63, 3.8) is 0 Å². The van der Waals surface area contributed by atoms with Crippen LogP contribution in [0.2, 0.25) is 0 Å². The zero-order valence-electron chi connectivity index (χ0n) is 15.1. The van der Waals surface area contributed by atoms with Gasteiger partial charge >= 0.3 is 6.18 Å². The second-order valence-corrected chi connectivity index (χ2v) is 7.46. The number of thiazole rings is 1. The quantitative estimate of drug-likeness (QED) is 0.611. The lowest BCUT2D eigenvalue weighted by atomic mass is 9.90. The molecular formula is C19H17F3N4OS. The summed E-state index contributed by atoms with van der Waals surface area (Å²) < 4.78 is 38.0. The molecule has 0 radical (unpaired) electrons. The van der Waals surface area contributed by atoms with E-state index in [0.29, 0.717) is 17.0 Å². The number of carbonyl (C=O) groups excluding carboxylic acids is 1. The van der Waals surface area contributed by atoms with E-state index in [1.807, 2.05) is 32.0 Å². The Morgan fingerprint density at radius 1 is 1.25 bits per heavy atom. The van der Waals surface area contributed by atoms with Gasteiger partial charge in [-0.05, 0) is 36.1 Å². The highest BCUT2D eigenvalue weighted by Gasteiger charge is 2.35. The van der Waals surface area contributed by atoms with Crippen LogP contribution < -0.4 is 5.73 Å². The van der Waals surface area contributed by atoms with Gasteiger partial charge in [-0.3, -0.25) is 4.79 Å². The Morgan fingerprint density at radius 3 is 2.61 bits per heavy atom. The van der Waals surface area contributed by atoms with Gasteiger partial charge in [-0.2, -0.15) is 13.2 Å². The topological polar surface area (TPSA) is 81.8 Å². The monoisotopic (exact) mass is 406 g/mol. The third-order valence-corrected chi connectivity index (χ3v) is 5.37. The van der Waals surface area contributed by atoms with Gasteiger partial charge in [0.15, 0.2) is 10.8 Å². The first kappa shape index (κ1) is 19.9. The molecule has 2 N–H and O–H groups in total. The number of anilines is 1. The fourth-order valence-corrected chi connectivity index (χ4v) is 3.68. The lowest BCUT2D eigenvalue weighted by Crippen LogP contribution is -2.05. The van der Waals surface area contributed by atoms with E-state index in [9.17, 15) is 18.0 Å². The molecule has 0 spiro atoms. The molecule has 2 heterocycles. The summed E-state index contributed by atoms with van der Waals surface area (Å²) in [5.74, 6) is -0.331. The van der Waals surface area contributed by atoms with E-state index in [2.05, 4.69) is 15.0 Å². The number of nitrogens with two attached hydrogens (primary N) is 1. The van der Waals surface area contributed by atoms with Gasteiger partial charge < -0.3 is 5.73 Å². The summed E-state index contributed by atoms with van der Waals surface area (Å²) in [6.45, 7) is 3.78. The number of aryl methyl sites for hydroxylation is 1. The molecule has 1 unspecified atom stereocenters. The van der Waals surface area contributed by atoms with Crippen molar-refractivity contribution < 1.29 is 18.0 Å². The average Bonchev–Trinajstić information content (AvgIpc) is 3.12. The molecule has 0 aliphatic rings. The summed E-state index contributed by atoms with van der Waals surface area (Å²) in [5.41, 5.74) is 9.07. The SMILES string of the molecule is Cc1cc(-c2ccnc(N)n2)ccc1C(C)CC(=O)c1cnc(C(F)(F)F)s1. The fourth-order valence-electron chi connectivity index (χ4n) is 2.95. The average molecular weight is 406 g/mol. The van der Waals surface area contributed by atoms with Crippen LogP contribution in [0.5, 0.6) is 0 Å². The number of carbonyl (C=O) groups is 1. The summed E-state index contributed by atoms with van der Waals surface area (Å²) in [4.78, 5) is 23.8. The number of alkyl halides is 3. The van der Waals surface area contributed by atoms with Crippen molar-refractivity contribution in [1.82, 2.24) is 15.0 Å². The van der Waals surface area contributed by atoms with Crippen molar-refractivity contribution in [2.75, 3.05) is 5.73 Å².